The lowest BCUT2D eigenvalue weighted by atomic mass is 9.91. The molecule has 0 N–H and O–H groups in total. The van der Waals surface area contributed by atoms with E-state index in [-0.39, 0.29) is 0 Å². The van der Waals surface area contributed by atoms with Crippen LogP contribution in [0.25, 0.3) is 0 Å². The van der Waals surface area contributed by atoms with E-state index in [1.165, 1.54) is 83.5 Å². The first-order chi connectivity index (χ1) is 10.3. The van der Waals surface area contributed by atoms with Crippen LogP contribution in [0.3, 0.4) is 0 Å². The van der Waals surface area contributed by atoms with Gasteiger partial charge < -0.3 is 0 Å². The Balaban J connectivity index is 0. The minimum atomic E-state index is 1.01. The molecule has 0 fully saturated rings. The molecular weight excluding hydrogens is 252 g/mol. The van der Waals surface area contributed by atoms with E-state index in [1.807, 2.05) is 13.8 Å². The third-order valence-electron chi connectivity index (χ3n) is 4.03. The molecule has 0 spiro atoms. The second-order valence-corrected chi connectivity index (χ2v) is 6.06. The highest BCUT2D eigenvalue weighted by atomic mass is 14.1. The van der Waals surface area contributed by atoms with Gasteiger partial charge in [0, 0.05) is 0 Å². The number of rotatable bonds is 9. The molecule has 128 valence electrons. The van der Waals surface area contributed by atoms with E-state index in [0.717, 1.165) is 5.92 Å². The SMILES string of the molecule is CC.CCCC1CC=CCC1.CCCCCCCCCC. The molecule has 1 rings (SSSR count). The van der Waals surface area contributed by atoms with Crippen molar-refractivity contribution in [2.45, 2.75) is 118 Å². The van der Waals surface area contributed by atoms with E-state index >= 15 is 0 Å². The molecule has 0 heterocycles. The van der Waals surface area contributed by atoms with Crippen molar-refractivity contribution in [3.8, 4) is 0 Å². The zero-order valence-electron chi connectivity index (χ0n) is 15.9. The topological polar surface area (TPSA) is 0 Å². The van der Waals surface area contributed by atoms with Crippen molar-refractivity contribution >= 4 is 0 Å². The summed E-state index contributed by atoms with van der Waals surface area (Å²) in [5, 5.41) is 0. The average molecular weight is 297 g/mol. The maximum absolute atomic E-state index is 2.34. The summed E-state index contributed by atoms with van der Waals surface area (Å²) in [7, 11) is 0. The minimum Gasteiger partial charge on any atom is -0.0885 e. The van der Waals surface area contributed by atoms with E-state index in [4.69, 9.17) is 0 Å². The van der Waals surface area contributed by atoms with Gasteiger partial charge in [0.05, 0.1) is 0 Å². The summed E-state index contributed by atoms with van der Waals surface area (Å²) in [5.41, 5.74) is 0. The van der Waals surface area contributed by atoms with Crippen molar-refractivity contribution in [1.29, 1.82) is 0 Å². The zero-order chi connectivity index (χ0) is 16.2. The molecule has 21 heavy (non-hydrogen) atoms. The Morgan fingerprint density at radius 3 is 1.62 bits per heavy atom. The van der Waals surface area contributed by atoms with Gasteiger partial charge in [0.1, 0.15) is 0 Å². The summed E-state index contributed by atoms with van der Waals surface area (Å²) in [6, 6.07) is 0. The summed E-state index contributed by atoms with van der Waals surface area (Å²) in [5.74, 6) is 1.01. The Hall–Kier alpha value is -0.260. The molecule has 0 nitrogen and oxygen atoms in total. The van der Waals surface area contributed by atoms with Crippen LogP contribution in [-0.4, -0.2) is 0 Å². The maximum atomic E-state index is 2.34. The number of hydrogen-bond donors (Lipinski definition) is 0. The summed E-state index contributed by atoms with van der Waals surface area (Å²) >= 11 is 0. The van der Waals surface area contributed by atoms with Crippen molar-refractivity contribution in [2.75, 3.05) is 0 Å². The molecule has 1 atom stereocenters. The largest absolute Gasteiger partial charge is 0.0885 e. The average Bonchev–Trinajstić information content (AvgIpc) is 2.55. The second-order valence-electron chi connectivity index (χ2n) is 6.06. The van der Waals surface area contributed by atoms with Crippen molar-refractivity contribution < 1.29 is 0 Å². The van der Waals surface area contributed by atoms with E-state index in [0.29, 0.717) is 0 Å². The molecule has 1 aliphatic rings. The second kappa shape index (κ2) is 22.0. The first-order valence-electron chi connectivity index (χ1n) is 10.00. The Morgan fingerprint density at radius 1 is 0.714 bits per heavy atom. The maximum Gasteiger partial charge on any atom is -0.0322 e. The van der Waals surface area contributed by atoms with Gasteiger partial charge in [0.2, 0.25) is 0 Å². The van der Waals surface area contributed by atoms with Crippen LogP contribution in [-0.2, 0) is 0 Å². The number of hydrogen-bond acceptors (Lipinski definition) is 0. The van der Waals surface area contributed by atoms with Crippen LogP contribution in [0.15, 0.2) is 12.2 Å². The highest BCUT2D eigenvalue weighted by molar-refractivity contribution is 4.89. The van der Waals surface area contributed by atoms with Crippen LogP contribution in [0.1, 0.15) is 118 Å². The molecule has 0 aromatic rings. The van der Waals surface area contributed by atoms with Crippen molar-refractivity contribution in [2.24, 2.45) is 5.92 Å². The van der Waals surface area contributed by atoms with Crippen molar-refractivity contribution in [3.05, 3.63) is 12.2 Å². The first-order valence-corrected chi connectivity index (χ1v) is 10.00. The highest BCUT2D eigenvalue weighted by Crippen LogP contribution is 2.22. The molecule has 0 aromatic heterocycles. The van der Waals surface area contributed by atoms with E-state index in [1.54, 1.807) is 0 Å². The number of unbranched alkanes of at least 4 members (excludes halogenated alkanes) is 7. The molecule has 0 amide bonds. The van der Waals surface area contributed by atoms with Crippen LogP contribution >= 0.6 is 0 Å². The van der Waals surface area contributed by atoms with Gasteiger partial charge in [0.25, 0.3) is 0 Å². The number of allylic oxidation sites excluding steroid dienone is 2. The van der Waals surface area contributed by atoms with Crippen LogP contribution in [0, 0.1) is 5.92 Å². The quantitative estimate of drug-likeness (QED) is 0.296. The Kier molecular flexibility index (Phi) is 24.1. The smallest absolute Gasteiger partial charge is 0.0322 e. The molecule has 0 aromatic carbocycles. The fraction of sp³-hybridized carbons (Fsp3) is 0.905. The van der Waals surface area contributed by atoms with Gasteiger partial charge in [-0.25, -0.2) is 0 Å². The van der Waals surface area contributed by atoms with Gasteiger partial charge in [-0.1, -0.05) is 111 Å². The molecule has 1 unspecified atom stereocenters. The minimum absolute atomic E-state index is 1.01. The standard InChI is InChI=1S/C10H22.C9H16.C2H6/c1-3-5-7-9-10-8-6-4-2;1-2-6-9-7-4-3-5-8-9;1-2/h3-10H2,1-2H3;3-4,9H,2,5-8H2,1H3;1-2H3. The van der Waals surface area contributed by atoms with Crippen LogP contribution < -0.4 is 0 Å². The fourth-order valence-electron chi connectivity index (χ4n) is 2.73. The van der Waals surface area contributed by atoms with Gasteiger partial charge in [0.15, 0.2) is 0 Å². The van der Waals surface area contributed by atoms with Crippen molar-refractivity contribution in [3.63, 3.8) is 0 Å². The van der Waals surface area contributed by atoms with Gasteiger partial charge in [-0.3, -0.25) is 0 Å². The Bertz CT molecular complexity index is 172. The summed E-state index contributed by atoms with van der Waals surface area (Å²) in [6.45, 7) is 10.8. The van der Waals surface area contributed by atoms with Gasteiger partial charge in [-0.15, -0.1) is 0 Å². The van der Waals surface area contributed by atoms with Gasteiger partial charge in [-0.05, 0) is 25.2 Å². The highest BCUT2D eigenvalue weighted by Gasteiger charge is 2.06. The molecule has 0 aliphatic heterocycles. The third-order valence-corrected chi connectivity index (χ3v) is 4.03. The lowest BCUT2D eigenvalue weighted by molar-refractivity contribution is 0.441. The molecule has 0 bridgehead atoms. The monoisotopic (exact) mass is 296 g/mol. The summed E-state index contributed by atoms with van der Waals surface area (Å²) in [4.78, 5) is 0. The molecule has 0 radical (unpaired) electrons. The van der Waals surface area contributed by atoms with Crippen LogP contribution in [0.5, 0.6) is 0 Å². The molecule has 0 saturated heterocycles. The molecule has 0 saturated carbocycles. The lowest BCUT2D eigenvalue weighted by Gasteiger charge is -2.15. The Labute approximate surface area is 136 Å². The van der Waals surface area contributed by atoms with Crippen molar-refractivity contribution in [1.82, 2.24) is 0 Å². The normalized spacial score (nSPS) is 16.5. The van der Waals surface area contributed by atoms with Gasteiger partial charge in [-0.2, -0.15) is 0 Å². The van der Waals surface area contributed by atoms with Crippen LogP contribution in [0.4, 0.5) is 0 Å². The molecule has 1 aliphatic carbocycles. The first kappa shape index (κ1) is 23.0. The Morgan fingerprint density at radius 2 is 1.24 bits per heavy atom. The fourth-order valence-corrected chi connectivity index (χ4v) is 2.73. The predicted octanol–water partition coefficient (Wildman–Crippen LogP) is 8.32. The summed E-state index contributed by atoms with van der Waals surface area (Å²) in [6.07, 6.45) is 23.0. The third kappa shape index (κ3) is 19.7. The zero-order valence-corrected chi connectivity index (χ0v) is 15.9. The van der Waals surface area contributed by atoms with E-state index in [2.05, 4.69) is 32.9 Å². The van der Waals surface area contributed by atoms with E-state index in [9.17, 15) is 0 Å². The van der Waals surface area contributed by atoms with Gasteiger partial charge >= 0.3 is 0 Å². The lowest BCUT2D eigenvalue weighted by Crippen LogP contribution is -2.00. The molecule has 0 heteroatoms. The summed E-state index contributed by atoms with van der Waals surface area (Å²) < 4.78 is 0. The molecular formula is C21H44. The van der Waals surface area contributed by atoms with E-state index < -0.39 is 0 Å². The predicted molar refractivity (Wildman–Crippen MR) is 101 cm³/mol. The van der Waals surface area contributed by atoms with Crippen LogP contribution in [0.2, 0.25) is 0 Å².